The molecule has 0 spiro atoms. The van der Waals surface area contributed by atoms with E-state index in [1.807, 2.05) is 12.1 Å². The van der Waals surface area contributed by atoms with E-state index in [0.717, 1.165) is 18.7 Å². The first kappa shape index (κ1) is 15.1. The molecule has 1 aromatic heterocycles. The molecule has 1 aromatic carbocycles. The lowest BCUT2D eigenvalue weighted by Gasteiger charge is -2.13. The minimum absolute atomic E-state index is 0.453. The topological polar surface area (TPSA) is 56.3 Å². The van der Waals surface area contributed by atoms with Gasteiger partial charge in [0.1, 0.15) is 5.75 Å². The van der Waals surface area contributed by atoms with Crippen molar-refractivity contribution in [1.82, 2.24) is 9.97 Å². The van der Waals surface area contributed by atoms with Crippen LogP contribution in [0.15, 0.2) is 36.5 Å². The molecule has 0 bridgehead atoms. The predicted molar refractivity (Wildman–Crippen MR) is 83.1 cm³/mol. The van der Waals surface area contributed by atoms with Crippen molar-refractivity contribution in [3.8, 4) is 11.6 Å². The first-order valence-electron chi connectivity index (χ1n) is 6.97. The Bertz CT molecular complexity index is 558. The van der Waals surface area contributed by atoms with E-state index in [4.69, 9.17) is 9.47 Å². The molecule has 5 heteroatoms. The molecule has 2 aromatic rings. The highest BCUT2D eigenvalue weighted by Gasteiger charge is 2.06. The number of methoxy groups -OCH3 is 2. The van der Waals surface area contributed by atoms with Gasteiger partial charge in [-0.25, -0.2) is 4.98 Å². The summed E-state index contributed by atoms with van der Waals surface area (Å²) in [5, 5.41) is 3.22. The third-order valence-electron chi connectivity index (χ3n) is 3.38. The predicted octanol–water partition coefficient (Wildman–Crippen LogP) is 3.10. The van der Waals surface area contributed by atoms with Crippen molar-refractivity contribution >= 4 is 5.95 Å². The first-order chi connectivity index (χ1) is 10.2. The third-order valence-corrected chi connectivity index (χ3v) is 3.38. The molecule has 1 unspecified atom stereocenters. The highest BCUT2D eigenvalue weighted by atomic mass is 16.5. The molecule has 0 radical (unpaired) electrons. The zero-order valence-corrected chi connectivity index (χ0v) is 12.7. The summed E-state index contributed by atoms with van der Waals surface area (Å²) in [6.45, 7) is 3.01. The normalized spacial score (nSPS) is 11.8. The number of aromatic nitrogens is 2. The molecule has 1 N–H and O–H groups in total. The van der Waals surface area contributed by atoms with Crippen molar-refractivity contribution in [2.24, 2.45) is 0 Å². The number of anilines is 1. The maximum Gasteiger partial charge on any atom is 0.225 e. The number of nitrogens with one attached hydrogen (secondary N) is 1. The zero-order valence-electron chi connectivity index (χ0n) is 12.7. The van der Waals surface area contributed by atoms with Crippen molar-refractivity contribution in [3.05, 3.63) is 42.1 Å². The second-order valence-electron chi connectivity index (χ2n) is 4.81. The summed E-state index contributed by atoms with van der Waals surface area (Å²) in [5.74, 6) is 2.50. The van der Waals surface area contributed by atoms with Gasteiger partial charge in [-0.15, -0.1) is 0 Å². The van der Waals surface area contributed by atoms with E-state index in [2.05, 4.69) is 34.3 Å². The van der Waals surface area contributed by atoms with Crippen molar-refractivity contribution in [2.45, 2.75) is 19.3 Å². The monoisotopic (exact) mass is 287 g/mol. The van der Waals surface area contributed by atoms with Crippen LogP contribution in [0.3, 0.4) is 0 Å². The summed E-state index contributed by atoms with van der Waals surface area (Å²) in [6, 6.07) is 9.91. The minimum Gasteiger partial charge on any atom is -0.497 e. The standard InChI is InChI=1S/C16H21N3O2/c1-12(13-4-6-14(20-2)7-5-13)8-10-17-16-18-11-9-15(19-16)21-3/h4-7,9,11-12H,8,10H2,1-3H3,(H,17,18,19). The lowest BCUT2D eigenvalue weighted by molar-refractivity contribution is 0.397. The van der Waals surface area contributed by atoms with E-state index in [1.54, 1.807) is 26.5 Å². The molecule has 21 heavy (non-hydrogen) atoms. The van der Waals surface area contributed by atoms with Gasteiger partial charge in [0, 0.05) is 18.8 Å². The summed E-state index contributed by atoms with van der Waals surface area (Å²) in [4.78, 5) is 8.38. The molecule has 0 aliphatic heterocycles. The SMILES string of the molecule is COc1ccc(C(C)CCNc2nccc(OC)n2)cc1. The molecule has 1 atom stereocenters. The van der Waals surface area contributed by atoms with Gasteiger partial charge in [0.2, 0.25) is 11.8 Å². The van der Waals surface area contributed by atoms with E-state index >= 15 is 0 Å². The van der Waals surface area contributed by atoms with Gasteiger partial charge >= 0.3 is 0 Å². The van der Waals surface area contributed by atoms with Crippen LogP contribution in [0.4, 0.5) is 5.95 Å². The van der Waals surface area contributed by atoms with Crippen LogP contribution in [0.5, 0.6) is 11.6 Å². The molecule has 0 aliphatic rings. The molecule has 0 saturated carbocycles. The van der Waals surface area contributed by atoms with Gasteiger partial charge in [0.05, 0.1) is 14.2 Å². The van der Waals surface area contributed by atoms with Crippen molar-refractivity contribution in [2.75, 3.05) is 26.1 Å². The average Bonchev–Trinajstić information content (AvgIpc) is 2.55. The number of hydrogen-bond acceptors (Lipinski definition) is 5. The maximum absolute atomic E-state index is 5.17. The smallest absolute Gasteiger partial charge is 0.225 e. The quantitative estimate of drug-likeness (QED) is 0.848. The minimum atomic E-state index is 0.453. The fraction of sp³-hybridized carbons (Fsp3) is 0.375. The highest BCUT2D eigenvalue weighted by Crippen LogP contribution is 2.21. The number of hydrogen-bond donors (Lipinski definition) is 1. The van der Waals surface area contributed by atoms with E-state index < -0.39 is 0 Å². The molecule has 0 amide bonds. The van der Waals surface area contributed by atoms with Crippen LogP contribution in [-0.2, 0) is 0 Å². The van der Waals surface area contributed by atoms with Crippen LogP contribution < -0.4 is 14.8 Å². The Balaban J connectivity index is 1.84. The van der Waals surface area contributed by atoms with Gasteiger partial charge < -0.3 is 14.8 Å². The number of benzene rings is 1. The van der Waals surface area contributed by atoms with E-state index in [-0.39, 0.29) is 0 Å². The second-order valence-corrected chi connectivity index (χ2v) is 4.81. The molecule has 0 aliphatic carbocycles. The van der Waals surface area contributed by atoms with Gasteiger partial charge in [0.25, 0.3) is 0 Å². The van der Waals surface area contributed by atoms with Gasteiger partial charge in [-0.2, -0.15) is 4.98 Å². The lowest BCUT2D eigenvalue weighted by Crippen LogP contribution is -2.08. The Hall–Kier alpha value is -2.30. The van der Waals surface area contributed by atoms with Gasteiger partial charge in [-0.1, -0.05) is 19.1 Å². The molecular weight excluding hydrogens is 266 g/mol. The Morgan fingerprint density at radius 2 is 1.86 bits per heavy atom. The second kappa shape index (κ2) is 7.47. The van der Waals surface area contributed by atoms with Crippen LogP contribution in [0.25, 0.3) is 0 Å². The van der Waals surface area contributed by atoms with Crippen molar-refractivity contribution < 1.29 is 9.47 Å². The lowest BCUT2D eigenvalue weighted by atomic mass is 9.98. The summed E-state index contributed by atoms with van der Waals surface area (Å²) in [7, 11) is 3.27. The molecule has 0 fully saturated rings. The van der Waals surface area contributed by atoms with Crippen molar-refractivity contribution in [3.63, 3.8) is 0 Å². The van der Waals surface area contributed by atoms with Crippen molar-refractivity contribution in [1.29, 1.82) is 0 Å². The van der Waals surface area contributed by atoms with Crippen LogP contribution >= 0.6 is 0 Å². The fourth-order valence-corrected chi connectivity index (χ4v) is 2.04. The maximum atomic E-state index is 5.17. The summed E-state index contributed by atoms with van der Waals surface area (Å²) >= 11 is 0. The Kier molecular flexibility index (Phi) is 5.37. The Labute approximate surface area is 125 Å². The highest BCUT2D eigenvalue weighted by molar-refractivity contribution is 5.30. The van der Waals surface area contributed by atoms with Crippen LogP contribution in [0, 0.1) is 0 Å². The summed E-state index contributed by atoms with van der Waals surface area (Å²) in [5.41, 5.74) is 1.30. The molecule has 5 nitrogen and oxygen atoms in total. The molecule has 112 valence electrons. The van der Waals surface area contributed by atoms with Gasteiger partial charge in [0.15, 0.2) is 0 Å². The van der Waals surface area contributed by atoms with E-state index in [1.165, 1.54) is 5.56 Å². The Morgan fingerprint density at radius 1 is 1.10 bits per heavy atom. The zero-order chi connectivity index (χ0) is 15.1. The summed E-state index contributed by atoms with van der Waals surface area (Å²) in [6.07, 6.45) is 2.67. The average molecular weight is 287 g/mol. The van der Waals surface area contributed by atoms with Gasteiger partial charge in [-0.05, 0) is 30.0 Å². The van der Waals surface area contributed by atoms with Crippen LogP contribution in [-0.4, -0.2) is 30.7 Å². The van der Waals surface area contributed by atoms with Gasteiger partial charge in [-0.3, -0.25) is 0 Å². The van der Waals surface area contributed by atoms with Crippen LogP contribution in [0.2, 0.25) is 0 Å². The molecular formula is C16H21N3O2. The van der Waals surface area contributed by atoms with Crippen LogP contribution in [0.1, 0.15) is 24.8 Å². The fourth-order valence-electron chi connectivity index (χ4n) is 2.04. The first-order valence-corrected chi connectivity index (χ1v) is 6.97. The molecule has 2 rings (SSSR count). The molecule has 1 heterocycles. The molecule has 0 saturated heterocycles. The van der Waals surface area contributed by atoms with E-state index in [0.29, 0.717) is 17.7 Å². The number of rotatable bonds is 7. The number of ether oxygens (including phenoxy) is 2. The number of nitrogens with zero attached hydrogens (tertiary/aromatic N) is 2. The van der Waals surface area contributed by atoms with E-state index in [9.17, 15) is 0 Å². The third kappa shape index (κ3) is 4.34. The Morgan fingerprint density at radius 3 is 2.52 bits per heavy atom. The summed E-state index contributed by atoms with van der Waals surface area (Å²) < 4.78 is 10.2. The largest absolute Gasteiger partial charge is 0.497 e.